The fraction of sp³-hybridized carbons (Fsp3) is 0.778. The monoisotopic (exact) mass is 147 g/mol. The molecule has 0 heterocycles. The van der Waals surface area contributed by atoms with E-state index in [1.54, 1.807) is 0 Å². The Hall–Kier alpha value is 0.297. The van der Waals surface area contributed by atoms with Gasteiger partial charge in [-0.05, 0) is 0 Å². The van der Waals surface area contributed by atoms with Gasteiger partial charge in [0.15, 0.2) is 0 Å². The van der Waals surface area contributed by atoms with Crippen molar-refractivity contribution in [2.45, 2.75) is 25.9 Å². The van der Waals surface area contributed by atoms with Crippen molar-refractivity contribution in [2.24, 2.45) is 0 Å². The molecule has 0 N–H and O–H groups in total. The number of nitrogens with zero attached hydrogens (tertiary/aromatic N) is 1. The van der Waals surface area contributed by atoms with Crippen molar-refractivity contribution in [3.8, 4) is 0 Å². The summed E-state index contributed by atoms with van der Waals surface area (Å²) < 4.78 is 0. The van der Waals surface area contributed by atoms with E-state index in [9.17, 15) is 0 Å². The Balaban J connectivity index is 3.71. The third kappa shape index (κ3) is 5.55. The third-order valence-corrected chi connectivity index (χ3v) is 1.92. The first-order valence-corrected chi connectivity index (χ1v) is 4.62. The maximum atomic E-state index is 2.43. The van der Waals surface area contributed by atoms with Gasteiger partial charge in [0, 0.05) is 0 Å². The number of hydrogen-bond acceptors (Lipinski definition) is 1. The van der Waals surface area contributed by atoms with E-state index in [1.165, 1.54) is 5.57 Å². The van der Waals surface area contributed by atoms with Gasteiger partial charge in [-0.25, -0.2) is 0 Å². The van der Waals surface area contributed by atoms with Crippen LogP contribution in [0.1, 0.15) is 20.8 Å². The summed E-state index contributed by atoms with van der Waals surface area (Å²) in [5, 5.41) is 1.16. The van der Waals surface area contributed by atoms with Crippen molar-refractivity contribution in [1.82, 2.24) is 4.90 Å². The van der Waals surface area contributed by atoms with Crippen LogP contribution in [0, 0.1) is 0 Å². The van der Waals surface area contributed by atoms with Crippen molar-refractivity contribution in [3.63, 3.8) is 0 Å². The molecule has 0 fully saturated rings. The van der Waals surface area contributed by atoms with E-state index in [0.717, 1.165) is 24.7 Å². The summed E-state index contributed by atoms with van der Waals surface area (Å²) in [5.41, 5.74) is 1.50. The summed E-state index contributed by atoms with van der Waals surface area (Å²) in [6.45, 7) is 10.1. The molecular weight excluding hydrogens is 129 g/mol. The van der Waals surface area contributed by atoms with E-state index in [-0.39, 0.29) is 0 Å². The van der Waals surface area contributed by atoms with Crippen LogP contribution < -0.4 is 0 Å². The van der Waals surface area contributed by atoms with E-state index in [0.29, 0.717) is 0 Å². The molecule has 0 atom stereocenters. The Bertz CT molecular complexity index is 117. The van der Waals surface area contributed by atoms with Gasteiger partial charge in [0.1, 0.15) is 0 Å². The van der Waals surface area contributed by atoms with Gasteiger partial charge in [0.05, 0.1) is 0 Å². The van der Waals surface area contributed by atoms with Crippen LogP contribution >= 0.6 is 0 Å². The summed E-state index contributed by atoms with van der Waals surface area (Å²) in [5.74, 6) is 0. The van der Waals surface area contributed by atoms with Crippen LogP contribution in [0.3, 0.4) is 0 Å². The van der Waals surface area contributed by atoms with Gasteiger partial charge in [0.25, 0.3) is 0 Å². The number of rotatable bonds is 5. The number of hydrogen-bond donors (Lipinski definition) is 0. The molecule has 1 nitrogen and oxygen atoms in total. The van der Waals surface area contributed by atoms with Gasteiger partial charge >= 0.3 is 79.8 Å². The summed E-state index contributed by atoms with van der Waals surface area (Å²) in [6, 6.07) is 0. The van der Waals surface area contributed by atoms with E-state index in [4.69, 9.17) is 0 Å². The summed E-state index contributed by atoms with van der Waals surface area (Å²) >= 11 is 2.19. The van der Waals surface area contributed by atoms with Gasteiger partial charge < -0.3 is 0 Å². The molecule has 0 rings (SSSR count). The summed E-state index contributed by atoms with van der Waals surface area (Å²) in [7, 11) is 0. The fourth-order valence-corrected chi connectivity index (χ4v) is 1.21. The van der Waals surface area contributed by atoms with Crippen molar-refractivity contribution in [1.29, 1.82) is 0 Å². The first kappa shape index (κ1) is 11.3. The van der Waals surface area contributed by atoms with Crippen LogP contribution in [0.15, 0.2) is 11.6 Å². The third-order valence-electron chi connectivity index (χ3n) is 1.92. The molecule has 0 aromatic rings. The first-order chi connectivity index (χ1) is 5.24. The molecule has 0 saturated heterocycles. The Morgan fingerprint density at radius 3 is 2.27 bits per heavy atom. The van der Waals surface area contributed by atoms with E-state index in [1.807, 2.05) is 0 Å². The zero-order chi connectivity index (χ0) is 8.69. The van der Waals surface area contributed by atoms with Crippen LogP contribution in [0.4, 0.5) is 0 Å². The molecule has 0 radical (unpaired) electrons. The zero-order valence-corrected chi connectivity index (χ0v) is 8.35. The second-order valence-corrected chi connectivity index (χ2v) is 2.92. The molecule has 0 amide bonds. The maximum absolute atomic E-state index is 2.43. The molecule has 0 aliphatic rings. The Labute approximate surface area is 80.1 Å². The molecule has 11 heavy (non-hydrogen) atoms. The SMILES string of the molecule is [Li][CH2]/C=C(\C)CN(CC)CC. The molecule has 2 heteroatoms. The number of likely N-dealkylation sites (N-methyl/N-ethyl adjacent to an activating group) is 1. The molecule has 0 aromatic heterocycles. The van der Waals surface area contributed by atoms with Gasteiger partial charge in [0.2, 0.25) is 0 Å². The van der Waals surface area contributed by atoms with Gasteiger partial charge in [-0.1, -0.05) is 0 Å². The number of allylic oxidation sites excluding steroid dienone is 1. The average molecular weight is 147 g/mol. The molecule has 0 unspecified atom stereocenters. The van der Waals surface area contributed by atoms with Crippen molar-refractivity contribution in [2.75, 3.05) is 19.6 Å². The molecule has 60 valence electrons. The molecule has 0 aromatic carbocycles. The van der Waals surface area contributed by atoms with Crippen molar-refractivity contribution in [3.05, 3.63) is 11.6 Å². The normalized spacial score (nSPS) is 12.7. The molecule has 0 saturated carbocycles. The van der Waals surface area contributed by atoms with E-state index < -0.39 is 0 Å². The molecule has 0 aliphatic carbocycles. The second kappa shape index (κ2) is 6.97. The predicted molar refractivity (Wildman–Crippen MR) is 52.1 cm³/mol. The van der Waals surface area contributed by atoms with Crippen LogP contribution in [-0.4, -0.2) is 42.2 Å². The second-order valence-electron chi connectivity index (χ2n) is 2.92. The Kier molecular flexibility index (Phi) is 7.16. The van der Waals surface area contributed by atoms with Crippen LogP contribution in [-0.2, 0) is 0 Å². The summed E-state index contributed by atoms with van der Waals surface area (Å²) in [4.78, 5) is 2.43. The Morgan fingerprint density at radius 2 is 1.91 bits per heavy atom. The molecular formula is C9H18LiN. The first-order valence-electron chi connectivity index (χ1n) is 4.62. The Morgan fingerprint density at radius 1 is 1.36 bits per heavy atom. The van der Waals surface area contributed by atoms with Gasteiger partial charge in [-0.15, -0.1) is 0 Å². The average Bonchev–Trinajstić information content (AvgIpc) is 2.01. The molecule has 0 bridgehead atoms. The fourth-order valence-electron chi connectivity index (χ4n) is 1.21. The predicted octanol–water partition coefficient (Wildman–Crippen LogP) is 1.86. The zero-order valence-electron chi connectivity index (χ0n) is 8.35. The van der Waals surface area contributed by atoms with E-state index >= 15 is 0 Å². The molecule has 0 aliphatic heterocycles. The topological polar surface area (TPSA) is 3.24 Å². The van der Waals surface area contributed by atoms with Crippen LogP contribution in [0.25, 0.3) is 0 Å². The molecule has 0 spiro atoms. The summed E-state index contributed by atoms with van der Waals surface area (Å²) in [6.07, 6.45) is 2.30. The quantitative estimate of drug-likeness (QED) is 0.424. The van der Waals surface area contributed by atoms with Crippen LogP contribution in [0.5, 0.6) is 0 Å². The van der Waals surface area contributed by atoms with Crippen molar-refractivity contribution < 1.29 is 0 Å². The van der Waals surface area contributed by atoms with Crippen molar-refractivity contribution >= 4 is 17.7 Å². The van der Waals surface area contributed by atoms with Crippen LogP contribution in [0.2, 0.25) is 5.09 Å². The minimum atomic E-state index is 1.14. The standard InChI is InChI=1S/C9H18N.Li/c1-5-9(4)8-10(6-2)7-3;/h5H,1,6-8H2,2-4H3;/b9-5+;. The van der Waals surface area contributed by atoms with E-state index in [2.05, 4.69) is 49.5 Å². The minimum absolute atomic E-state index is 1.14. The van der Waals surface area contributed by atoms with Gasteiger partial charge in [-0.3, -0.25) is 0 Å². The van der Waals surface area contributed by atoms with Gasteiger partial charge in [-0.2, -0.15) is 0 Å².